The van der Waals surface area contributed by atoms with Gasteiger partial charge in [0.15, 0.2) is 6.10 Å². The van der Waals surface area contributed by atoms with Crippen LogP contribution in [0, 0.1) is 42.4 Å². The minimum absolute atomic E-state index is 0.0651. The molecule has 0 radical (unpaired) electrons. The molecule has 0 aliphatic heterocycles. The van der Waals surface area contributed by atoms with Gasteiger partial charge in [0.2, 0.25) is 0 Å². The molecule has 2 aliphatic carbocycles. The molecule has 1 N–H and O–H groups in total. The van der Waals surface area contributed by atoms with Gasteiger partial charge in [-0.3, -0.25) is 0 Å². The van der Waals surface area contributed by atoms with Gasteiger partial charge in [0.1, 0.15) is 17.6 Å². The highest BCUT2D eigenvalue weighted by Gasteiger charge is 2.59. The molecule has 7 atom stereocenters. The molecule has 2 saturated carbocycles. The van der Waals surface area contributed by atoms with Crippen molar-refractivity contribution in [3.8, 4) is 5.75 Å². The quantitative estimate of drug-likeness (QED) is 0.241. The van der Waals surface area contributed by atoms with Crippen molar-refractivity contribution in [1.82, 2.24) is 0 Å². The Morgan fingerprint density at radius 2 is 1.93 bits per heavy atom. The number of carbonyl (C=O) groups is 1. The molecule has 0 saturated heterocycles. The molecule has 0 unspecified atom stereocenters. The summed E-state index contributed by atoms with van der Waals surface area (Å²) in [7, 11) is 1.61. The van der Waals surface area contributed by atoms with Crippen LogP contribution in [0.15, 0.2) is 33.0 Å². The lowest BCUT2D eigenvalue weighted by molar-refractivity contribution is -0.190. The zero-order chi connectivity index (χ0) is 30.0. The van der Waals surface area contributed by atoms with Gasteiger partial charge in [0, 0.05) is 11.0 Å². The van der Waals surface area contributed by atoms with E-state index >= 15 is 0 Å². The van der Waals surface area contributed by atoms with E-state index in [-0.39, 0.29) is 40.3 Å². The third kappa shape index (κ3) is 6.12. The molecule has 224 valence electrons. The number of methoxy groups -OCH3 is 1. The van der Waals surface area contributed by atoms with Crippen LogP contribution in [0.3, 0.4) is 0 Å². The van der Waals surface area contributed by atoms with Crippen LogP contribution in [0.25, 0.3) is 0 Å². The lowest BCUT2D eigenvalue weighted by Gasteiger charge is -2.61. The predicted octanol–water partition coefficient (Wildman–Crippen LogP) is 7.26. The highest BCUT2D eigenvalue weighted by Crippen LogP contribution is 2.63. The third-order valence-electron chi connectivity index (χ3n) is 10.5. The second-order valence-electron chi connectivity index (χ2n) is 13.2. The van der Waals surface area contributed by atoms with Crippen molar-refractivity contribution in [2.75, 3.05) is 7.11 Å². The molecule has 0 bridgehead atoms. The van der Waals surface area contributed by atoms with Crippen molar-refractivity contribution in [3.63, 3.8) is 0 Å². The number of esters is 1. The number of hydrogen-bond acceptors (Lipinski definition) is 6. The van der Waals surface area contributed by atoms with Crippen LogP contribution in [-0.4, -0.2) is 30.4 Å². The van der Waals surface area contributed by atoms with E-state index < -0.39 is 12.1 Å². The molecule has 2 fully saturated rings. The second kappa shape index (κ2) is 12.7. The Morgan fingerprint density at radius 3 is 2.52 bits per heavy atom. The first-order chi connectivity index (χ1) is 18.7. The Kier molecular flexibility index (Phi) is 10.2. The lowest BCUT2D eigenvalue weighted by atomic mass is 9.45. The molecule has 0 spiro atoms. The van der Waals surface area contributed by atoms with E-state index in [9.17, 15) is 14.7 Å². The molecule has 1 aromatic rings. The van der Waals surface area contributed by atoms with Crippen LogP contribution in [0.4, 0.5) is 0 Å². The zero-order valence-electron chi connectivity index (χ0n) is 26.3. The average Bonchev–Trinajstić information content (AvgIpc) is 2.89. The Morgan fingerprint density at radius 1 is 1.25 bits per heavy atom. The van der Waals surface area contributed by atoms with Crippen LogP contribution in [-0.2, 0) is 16.0 Å². The normalized spacial score (nSPS) is 29.8. The molecule has 6 heteroatoms. The van der Waals surface area contributed by atoms with E-state index in [2.05, 4.69) is 40.3 Å². The summed E-state index contributed by atoms with van der Waals surface area (Å²) in [6.45, 7) is 20.9. The second-order valence-corrected chi connectivity index (χ2v) is 13.2. The van der Waals surface area contributed by atoms with Gasteiger partial charge in [-0.25, -0.2) is 9.59 Å². The van der Waals surface area contributed by atoms with Gasteiger partial charge >= 0.3 is 11.6 Å². The Labute approximate surface area is 241 Å². The van der Waals surface area contributed by atoms with Crippen LogP contribution in [0.1, 0.15) is 103 Å². The van der Waals surface area contributed by atoms with Crippen LogP contribution in [0.2, 0.25) is 0 Å². The zero-order valence-corrected chi connectivity index (χ0v) is 26.3. The fourth-order valence-corrected chi connectivity index (χ4v) is 7.63. The van der Waals surface area contributed by atoms with Crippen LogP contribution >= 0.6 is 0 Å². The summed E-state index contributed by atoms with van der Waals surface area (Å²) in [5, 5.41) is 10.6. The van der Waals surface area contributed by atoms with E-state index in [0.717, 1.165) is 43.2 Å². The Bertz CT molecular complexity index is 1170. The van der Waals surface area contributed by atoms with Gasteiger partial charge in [-0.05, 0) is 95.8 Å². The maximum Gasteiger partial charge on any atom is 0.342 e. The highest BCUT2D eigenvalue weighted by atomic mass is 16.6. The topological polar surface area (TPSA) is 86.0 Å². The molecule has 0 aromatic carbocycles. The maximum atomic E-state index is 13.1. The molecule has 1 aromatic heterocycles. The summed E-state index contributed by atoms with van der Waals surface area (Å²) in [5.74, 6) is 0.838. The van der Waals surface area contributed by atoms with Crippen LogP contribution < -0.4 is 10.4 Å². The number of aryl methyl sites for hydroxylation is 1. The van der Waals surface area contributed by atoms with Crippen molar-refractivity contribution < 1.29 is 23.8 Å². The SMILES string of the molecule is C=C1CC[C@H]2[C@](C)(CCC=C(C)C)[C@@H](OC(=O)[C@H](O)[C@@H](C)CC)CC[C@]2(C)[C@@H]1Cc1c(OC)c(C)c(C)oc1=O. The first-order valence-electron chi connectivity index (χ1n) is 15.1. The van der Waals surface area contributed by atoms with E-state index in [1.54, 1.807) is 14.0 Å². The fourth-order valence-electron chi connectivity index (χ4n) is 7.63. The van der Waals surface area contributed by atoms with Crippen molar-refractivity contribution in [2.45, 2.75) is 119 Å². The summed E-state index contributed by atoms with van der Waals surface area (Å²) in [5.41, 5.74) is 3.08. The average molecular weight is 557 g/mol. The molecular weight excluding hydrogens is 504 g/mol. The fraction of sp³-hybridized carbons (Fsp3) is 0.706. The lowest BCUT2D eigenvalue weighted by Crippen LogP contribution is -2.57. The summed E-state index contributed by atoms with van der Waals surface area (Å²) in [6.07, 6.45) is 7.22. The first-order valence-corrected chi connectivity index (χ1v) is 15.1. The van der Waals surface area contributed by atoms with Gasteiger partial charge < -0.3 is 19.0 Å². The number of carbonyl (C=O) groups excluding carboxylic acids is 1. The number of hydrogen-bond donors (Lipinski definition) is 1. The highest BCUT2D eigenvalue weighted by molar-refractivity contribution is 5.75. The summed E-state index contributed by atoms with van der Waals surface area (Å²) >= 11 is 0. The predicted molar refractivity (Wildman–Crippen MR) is 160 cm³/mol. The van der Waals surface area contributed by atoms with E-state index in [0.29, 0.717) is 36.3 Å². The summed E-state index contributed by atoms with van der Waals surface area (Å²) in [6, 6.07) is 0. The van der Waals surface area contributed by atoms with Crippen LogP contribution in [0.5, 0.6) is 5.75 Å². The maximum absolute atomic E-state index is 13.1. The van der Waals surface area contributed by atoms with Gasteiger partial charge in [-0.1, -0.05) is 57.9 Å². The van der Waals surface area contributed by atoms with Gasteiger partial charge in [-0.15, -0.1) is 0 Å². The first kappa shape index (κ1) is 32.2. The smallest absolute Gasteiger partial charge is 0.342 e. The summed E-state index contributed by atoms with van der Waals surface area (Å²) < 4.78 is 17.5. The molecular formula is C34H52O6. The number of ether oxygens (including phenoxy) is 2. The van der Waals surface area contributed by atoms with E-state index in [4.69, 9.17) is 13.9 Å². The van der Waals surface area contributed by atoms with E-state index in [1.165, 1.54) is 5.57 Å². The molecule has 2 aliphatic rings. The number of aliphatic hydroxyl groups is 1. The van der Waals surface area contributed by atoms with Gasteiger partial charge in [-0.2, -0.15) is 0 Å². The van der Waals surface area contributed by atoms with Gasteiger partial charge in [0.25, 0.3) is 0 Å². The minimum Gasteiger partial charge on any atom is -0.496 e. The van der Waals surface area contributed by atoms with Crippen molar-refractivity contribution in [3.05, 3.63) is 51.1 Å². The van der Waals surface area contributed by atoms with Crippen molar-refractivity contribution >= 4 is 5.97 Å². The number of rotatable bonds is 10. The number of fused-ring (bicyclic) bond motifs is 1. The third-order valence-corrected chi connectivity index (χ3v) is 10.5. The standard InChI is InChI=1S/C34H52O6/c1-11-21(4)29(35)32(37)40-28-16-18-33(8)26(19-25-30(38-10)23(6)24(7)39-31(25)36)22(5)14-15-27(33)34(28,9)17-12-13-20(2)3/h13,21,26-29,35H,5,11-12,14-19H2,1-4,6-10H3/t21-,26+,27+,28-,29+,33+,34-/m0/s1. The van der Waals surface area contributed by atoms with Crippen molar-refractivity contribution in [2.24, 2.45) is 28.6 Å². The van der Waals surface area contributed by atoms with Crippen molar-refractivity contribution in [1.29, 1.82) is 0 Å². The van der Waals surface area contributed by atoms with E-state index in [1.807, 2.05) is 20.8 Å². The molecule has 1 heterocycles. The summed E-state index contributed by atoms with van der Waals surface area (Å²) in [4.78, 5) is 26.2. The Balaban J connectivity index is 2.02. The monoisotopic (exact) mass is 556 g/mol. The minimum atomic E-state index is -1.12. The number of aliphatic hydroxyl groups excluding tert-OH is 1. The molecule has 0 amide bonds. The molecule has 3 rings (SSSR count). The largest absolute Gasteiger partial charge is 0.496 e. The number of allylic oxidation sites excluding steroid dienone is 3. The van der Waals surface area contributed by atoms with Gasteiger partial charge in [0.05, 0.1) is 12.7 Å². The Hall–Kier alpha value is -2.34. The molecule has 40 heavy (non-hydrogen) atoms. The molecule has 6 nitrogen and oxygen atoms in total.